The van der Waals surface area contributed by atoms with Crippen molar-refractivity contribution in [1.29, 1.82) is 0 Å². The van der Waals surface area contributed by atoms with Gasteiger partial charge in [0.15, 0.2) is 0 Å². The molecule has 2 rings (SSSR count). The molecule has 6 nitrogen and oxygen atoms in total. The fraction of sp³-hybridized carbons (Fsp3) is 0.444. The first-order chi connectivity index (χ1) is 11.4. The molecule has 0 saturated heterocycles. The minimum atomic E-state index is -0.738. The maximum absolute atomic E-state index is 12.9. The lowest BCUT2D eigenvalue weighted by Gasteiger charge is -2.24. The molecule has 1 N–H and O–H groups in total. The van der Waals surface area contributed by atoms with Crippen LogP contribution in [0.1, 0.15) is 40.2 Å². The number of likely N-dealkylation sites (N-methyl/N-ethyl adjacent to an activating group) is 1. The summed E-state index contributed by atoms with van der Waals surface area (Å²) in [6, 6.07) is 7.67. The van der Waals surface area contributed by atoms with Crippen LogP contribution in [-0.4, -0.2) is 45.9 Å². The Balaban J connectivity index is 2.22. The summed E-state index contributed by atoms with van der Waals surface area (Å²) in [4.78, 5) is 14.5. The molecule has 24 heavy (non-hydrogen) atoms. The fourth-order valence-corrected chi connectivity index (χ4v) is 2.73. The molecule has 0 unspecified atom stereocenters. The number of rotatable bonds is 6. The van der Waals surface area contributed by atoms with Crippen LogP contribution in [0.3, 0.4) is 0 Å². The molecule has 0 spiro atoms. The number of aromatic nitrogens is 2. The lowest BCUT2D eigenvalue weighted by molar-refractivity contribution is 0.0631. The molecule has 1 aromatic carbocycles. The number of aryl methyl sites for hydroxylation is 3. The summed E-state index contributed by atoms with van der Waals surface area (Å²) < 4.78 is 6.85. The topological polar surface area (TPSA) is 67.6 Å². The second-order valence-corrected chi connectivity index (χ2v) is 5.86. The summed E-state index contributed by atoms with van der Waals surface area (Å²) in [6.45, 7) is 6.36. The van der Waals surface area contributed by atoms with Crippen molar-refractivity contribution in [1.82, 2.24) is 14.7 Å². The van der Waals surface area contributed by atoms with Crippen molar-refractivity contribution in [2.75, 3.05) is 20.2 Å². The van der Waals surface area contributed by atoms with Gasteiger partial charge in [-0.15, -0.1) is 0 Å². The third-order valence-corrected chi connectivity index (χ3v) is 4.10. The lowest BCUT2D eigenvalue weighted by atomic mass is 10.1. The number of aliphatic hydroxyl groups is 1. The van der Waals surface area contributed by atoms with Crippen LogP contribution < -0.4 is 4.74 Å². The highest BCUT2D eigenvalue weighted by atomic mass is 16.5. The van der Waals surface area contributed by atoms with Crippen LogP contribution in [-0.2, 0) is 7.05 Å². The predicted octanol–water partition coefficient (Wildman–Crippen LogP) is 2.24. The molecule has 2 aromatic rings. The molecular weight excluding hydrogens is 306 g/mol. The zero-order chi connectivity index (χ0) is 17.9. The maximum Gasteiger partial charge on any atom is 0.261 e. The molecule has 0 aliphatic carbocycles. The Bertz CT molecular complexity index is 707. The van der Waals surface area contributed by atoms with Gasteiger partial charge >= 0.3 is 0 Å². The number of carbonyl (C=O) groups excluding carboxylic acids is 1. The van der Waals surface area contributed by atoms with Crippen molar-refractivity contribution >= 4 is 5.91 Å². The summed E-state index contributed by atoms with van der Waals surface area (Å²) in [5, 5.41) is 14.7. The van der Waals surface area contributed by atoms with Gasteiger partial charge in [-0.05, 0) is 26.3 Å². The number of hydrogen-bond acceptors (Lipinski definition) is 4. The first kappa shape index (κ1) is 18.0. The zero-order valence-electron chi connectivity index (χ0n) is 14.9. The standard InChI is InChI=1S/C18H25N3O3/c1-6-21(11-15(22)14-9-7-12(2)8-10-14)17(23)16-13(3)19-20(4)18(16)24-5/h7-10,15,22H,6,11H2,1-5H3/t15-/m0/s1. The third kappa shape index (κ3) is 3.59. The Morgan fingerprint density at radius 1 is 1.33 bits per heavy atom. The van der Waals surface area contributed by atoms with Gasteiger partial charge in [0, 0.05) is 13.6 Å². The van der Waals surface area contributed by atoms with Gasteiger partial charge in [0.05, 0.1) is 25.5 Å². The predicted molar refractivity (Wildman–Crippen MR) is 92.2 cm³/mol. The van der Waals surface area contributed by atoms with Crippen LogP contribution in [0, 0.1) is 13.8 Å². The smallest absolute Gasteiger partial charge is 0.261 e. The molecule has 1 amide bonds. The number of carbonyl (C=O) groups is 1. The van der Waals surface area contributed by atoms with Gasteiger partial charge in [-0.2, -0.15) is 5.10 Å². The van der Waals surface area contributed by atoms with Crippen molar-refractivity contribution < 1.29 is 14.6 Å². The molecule has 0 aliphatic heterocycles. The van der Waals surface area contributed by atoms with Gasteiger partial charge in [-0.25, -0.2) is 4.68 Å². The first-order valence-corrected chi connectivity index (χ1v) is 8.00. The van der Waals surface area contributed by atoms with Gasteiger partial charge in [0.1, 0.15) is 5.56 Å². The van der Waals surface area contributed by atoms with Gasteiger partial charge in [-0.1, -0.05) is 29.8 Å². The van der Waals surface area contributed by atoms with Crippen molar-refractivity contribution in [3.8, 4) is 5.88 Å². The Morgan fingerprint density at radius 3 is 2.50 bits per heavy atom. The summed E-state index contributed by atoms with van der Waals surface area (Å²) in [6.07, 6.45) is -0.738. The first-order valence-electron chi connectivity index (χ1n) is 8.00. The lowest BCUT2D eigenvalue weighted by Crippen LogP contribution is -2.35. The highest BCUT2D eigenvalue weighted by molar-refractivity contribution is 5.97. The molecule has 0 radical (unpaired) electrons. The van der Waals surface area contributed by atoms with Gasteiger partial charge in [0.2, 0.25) is 5.88 Å². The number of aliphatic hydroxyl groups excluding tert-OH is 1. The van der Waals surface area contributed by atoms with Gasteiger partial charge in [-0.3, -0.25) is 4.79 Å². The van der Waals surface area contributed by atoms with Crippen LogP contribution >= 0.6 is 0 Å². The maximum atomic E-state index is 12.9. The number of amides is 1. The minimum absolute atomic E-state index is 0.189. The van der Waals surface area contributed by atoms with Crippen LogP contribution in [0.4, 0.5) is 0 Å². The highest BCUT2D eigenvalue weighted by Crippen LogP contribution is 2.24. The average Bonchev–Trinajstić information content (AvgIpc) is 2.85. The number of nitrogens with zero attached hydrogens (tertiary/aromatic N) is 3. The minimum Gasteiger partial charge on any atom is -0.481 e. The molecule has 6 heteroatoms. The molecule has 0 fully saturated rings. The Kier molecular flexibility index (Phi) is 5.62. The second-order valence-electron chi connectivity index (χ2n) is 5.86. The third-order valence-electron chi connectivity index (χ3n) is 4.10. The molecule has 0 aliphatic rings. The Labute approximate surface area is 142 Å². The van der Waals surface area contributed by atoms with E-state index in [1.165, 1.54) is 7.11 Å². The van der Waals surface area contributed by atoms with Crippen LogP contribution in [0.2, 0.25) is 0 Å². The molecule has 0 saturated carbocycles. The van der Waals surface area contributed by atoms with Crippen molar-refractivity contribution in [2.24, 2.45) is 7.05 Å². The van der Waals surface area contributed by atoms with E-state index in [4.69, 9.17) is 4.74 Å². The summed E-state index contributed by atoms with van der Waals surface area (Å²) in [7, 11) is 3.25. The van der Waals surface area contributed by atoms with E-state index in [0.717, 1.165) is 11.1 Å². The molecule has 130 valence electrons. The van der Waals surface area contributed by atoms with E-state index < -0.39 is 6.10 Å². The van der Waals surface area contributed by atoms with Gasteiger partial charge < -0.3 is 14.7 Å². The number of benzene rings is 1. The van der Waals surface area contributed by atoms with E-state index in [1.807, 2.05) is 38.1 Å². The van der Waals surface area contributed by atoms with Crippen molar-refractivity contribution in [3.05, 3.63) is 46.6 Å². The zero-order valence-corrected chi connectivity index (χ0v) is 14.9. The normalized spacial score (nSPS) is 12.1. The molecule has 0 bridgehead atoms. The SMILES string of the molecule is CCN(C[C@H](O)c1ccc(C)cc1)C(=O)c1c(C)nn(C)c1OC. The van der Waals surface area contributed by atoms with Crippen LogP contribution in [0.5, 0.6) is 5.88 Å². The largest absolute Gasteiger partial charge is 0.481 e. The Hall–Kier alpha value is -2.34. The molecule has 1 heterocycles. The highest BCUT2D eigenvalue weighted by Gasteiger charge is 2.26. The van der Waals surface area contributed by atoms with Crippen LogP contribution in [0.15, 0.2) is 24.3 Å². The molecule has 1 aromatic heterocycles. The van der Waals surface area contributed by atoms with Gasteiger partial charge in [0.25, 0.3) is 5.91 Å². The van der Waals surface area contributed by atoms with E-state index in [2.05, 4.69) is 5.10 Å². The second kappa shape index (κ2) is 7.49. The van der Waals surface area contributed by atoms with Crippen molar-refractivity contribution in [2.45, 2.75) is 26.9 Å². The van der Waals surface area contributed by atoms with E-state index in [9.17, 15) is 9.90 Å². The number of methoxy groups -OCH3 is 1. The Morgan fingerprint density at radius 2 is 1.96 bits per heavy atom. The summed E-state index contributed by atoms with van der Waals surface area (Å²) >= 11 is 0. The monoisotopic (exact) mass is 331 g/mol. The van der Waals surface area contributed by atoms with E-state index in [1.54, 1.807) is 23.6 Å². The van der Waals surface area contributed by atoms with Crippen molar-refractivity contribution in [3.63, 3.8) is 0 Å². The summed E-state index contributed by atoms with van der Waals surface area (Å²) in [5.74, 6) is 0.242. The van der Waals surface area contributed by atoms with E-state index >= 15 is 0 Å². The van der Waals surface area contributed by atoms with E-state index in [-0.39, 0.29) is 12.5 Å². The fourth-order valence-electron chi connectivity index (χ4n) is 2.73. The number of ether oxygens (including phenoxy) is 1. The number of hydrogen-bond donors (Lipinski definition) is 1. The van der Waals surface area contributed by atoms with E-state index in [0.29, 0.717) is 23.7 Å². The average molecular weight is 331 g/mol. The molecular formula is C18H25N3O3. The molecule has 1 atom stereocenters. The quantitative estimate of drug-likeness (QED) is 0.881. The van der Waals surface area contributed by atoms with Crippen LogP contribution in [0.25, 0.3) is 0 Å². The summed E-state index contributed by atoms with van der Waals surface area (Å²) in [5.41, 5.74) is 2.98.